The standard InChI is InChI=1S/C16H18N2O/c1-16(2,11-17)12-18-15(14-9-6-10-19-14)13-7-4-3-5-8-13/h3-10,15,18H,12H2,1-2H3. The molecule has 0 saturated carbocycles. The van der Waals surface area contributed by atoms with Crippen molar-refractivity contribution in [1.29, 1.82) is 5.26 Å². The lowest BCUT2D eigenvalue weighted by atomic mass is 9.94. The maximum Gasteiger partial charge on any atom is 0.125 e. The zero-order valence-electron chi connectivity index (χ0n) is 11.3. The normalized spacial score (nSPS) is 12.9. The van der Waals surface area contributed by atoms with Gasteiger partial charge in [0.05, 0.1) is 23.8 Å². The summed E-state index contributed by atoms with van der Waals surface area (Å²) in [6.07, 6.45) is 1.67. The Morgan fingerprint density at radius 2 is 1.95 bits per heavy atom. The van der Waals surface area contributed by atoms with E-state index in [9.17, 15) is 0 Å². The summed E-state index contributed by atoms with van der Waals surface area (Å²) in [5, 5.41) is 12.5. The van der Waals surface area contributed by atoms with E-state index in [1.165, 1.54) is 0 Å². The Bertz CT molecular complexity index is 538. The summed E-state index contributed by atoms with van der Waals surface area (Å²) in [6.45, 7) is 4.44. The summed E-state index contributed by atoms with van der Waals surface area (Å²) in [5.41, 5.74) is 0.728. The van der Waals surface area contributed by atoms with Crippen LogP contribution in [-0.2, 0) is 0 Å². The van der Waals surface area contributed by atoms with Crippen molar-refractivity contribution in [3.8, 4) is 6.07 Å². The minimum Gasteiger partial charge on any atom is -0.467 e. The first-order valence-corrected chi connectivity index (χ1v) is 6.35. The van der Waals surface area contributed by atoms with Crippen molar-refractivity contribution in [2.75, 3.05) is 6.54 Å². The fraction of sp³-hybridized carbons (Fsp3) is 0.312. The average Bonchev–Trinajstić information content (AvgIpc) is 2.94. The molecular formula is C16H18N2O. The third kappa shape index (κ3) is 3.46. The number of hydrogen-bond acceptors (Lipinski definition) is 3. The van der Waals surface area contributed by atoms with Crippen LogP contribution in [0.4, 0.5) is 0 Å². The van der Waals surface area contributed by atoms with Gasteiger partial charge in [0.2, 0.25) is 0 Å². The molecule has 98 valence electrons. The van der Waals surface area contributed by atoms with E-state index in [-0.39, 0.29) is 6.04 Å². The minimum absolute atomic E-state index is 0.0242. The lowest BCUT2D eigenvalue weighted by Gasteiger charge is -2.22. The first kappa shape index (κ1) is 13.4. The van der Waals surface area contributed by atoms with Crippen LogP contribution in [0.15, 0.2) is 53.1 Å². The van der Waals surface area contributed by atoms with Crippen LogP contribution >= 0.6 is 0 Å². The first-order valence-electron chi connectivity index (χ1n) is 6.35. The van der Waals surface area contributed by atoms with E-state index in [0.29, 0.717) is 6.54 Å². The van der Waals surface area contributed by atoms with E-state index in [1.807, 2.05) is 44.2 Å². The number of furan rings is 1. The van der Waals surface area contributed by atoms with Crippen LogP contribution in [0.1, 0.15) is 31.2 Å². The molecule has 1 heterocycles. The van der Waals surface area contributed by atoms with Gasteiger partial charge in [0, 0.05) is 6.54 Å². The Hall–Kier alpha value is -2.05. The topological polar surface area (TPSA) is 49.0 Å². The van der Waals surface area contributed by atoms with Crippen molar-refractivity contribution in [3.63, 3.8) is 0 Å². The molecule has 0 fully saturated rings. The number of nitrogens with one attached hydrogen (secondary N) is 1. The predicted molar refractivity (Wildman–Crippen MR) is 74.4 cm³/mol. The number of rotatable bonds is 5. The SMILES string of the molecule is CC(C)(C#N)CNC(c1ccccc1)c1ccco1. The molecule has 0 aliphatic rings. The Morgan fingerprint density at radius 1 is 1.21 bits per heavy atom. The highest BCUT2D eigenvalue weighted by atomic mass is 16.3. The second kappa shape index (κ2) is 5.73. The minimum atomic E-state index is -0.403. The molecule has 0 radical (unpaired) electrons. The third-order valence-corrected chi connectivity index (χ3v) is 3.01. The van der Waals surface area contributed by atoms with Crippen LogP contribution in [0.3, 0.4) is 0 Å². The van der Waals surface area contributed by atoms with Gasteiger partial charge in [-0.25, -0.2) is 0 Å². The first-order chi connectivity index (χ1) is 9.12. The van der Waals surface area contributed by atoms with Gasteiger partial charge in [0.25, 0.3) is 0 Å². The summed E-state index contributed by atoms with van der Waals surface area (Å²) in [7, 11) is 0. The van der Waals surface area contributed by atoms with Crippen LogP contribution in [0.25, 0.3) is 0 Å². The van der Waals surface area contributed by atoms with Gasteiger partial charge < -0.3 is 9.73 Å². The van der Waals surface area contributed by atoms with E-state index in [2.05, 4.69) is 23.5 Å². The molecule has 0 aliphatic heterocycles. The van der Waals surface area contributed by atoms with Crippen LogP contribution in [-0.4, -0.2) is 6.54 Å². The molecule has 3 heteroatoms. The summed E-state index contributed by atoms with van der Waals surface area (Å²) in [4.78, 5) is 0. The van der Waals surface area contributed by atoms with Gasteiger partial charge in [0.15, 0.2) is 0 Å². The van der Waals surface area contributed by atoms with Crippen molar-refractivity contribution in [1.82, 2.24) is 5.32 Å². The van der Waals surface area contributed by atoms with Gasteiger partial charge >= 0.3 is 0 Å². The fourth-order valence-electron chi connectivity index (χ4n) is 1.88. The number of benzene rings is 1. The molecule has 0 aliphatic carbocycles. The summed E-state index contributed by atoms with van der Waals surface area (Å²) < 4.78 is 5.50. The Balaban J connectivity index is 2.20. The van der Waals surface area contributed by atoms with Crippen molar-refractivity contribution in [2.24, 2.45) is 5.41 Å². The van der Waals surface area contributed by atoms with Gasteiger partial charge in [-0.3, -0.25) is 0 Å². The Morgan fingerprint density at radius 3 is 2.53 bits per heavy atom. The molecule has 19 heavy (non-hydrogen) atoms. The van der Waals surface area contributed by atoms with E-state index in [1.54, 1.807) is 6.26 Å². The Kier molecular flexibility index (Phi) is 4.03. The van der Waals surface area contributed by atoms with Gasteiger partial charge in [-0.05, 0) is 31.5 Å². The maximum atomic E-state index is 9.09. The third-order valence-electron chi connectivity index (χ3n) is 3.01. The smallest absolute Gasteiger partial charge is 0.125 e. The van der Waals surface area contributed by atoms with Gasteiger partial charge in [-0.1, -0.05) is 30.3 Å². The van der Waals surface area contributed by atoms with Crippen molar-refractivity contribution in [2.45, 2.75) is 19.9 Å². The predicted octanol–water partition coefficient (Wildman–Crippen LogP) is 3.51. The fourth-order valence-corrected chi connectivity index (χ4v) is 1.88. The van der Waals surface area contributed by atoms with E-state index in [0.717, 1.165) is 11.3 Å². The second-order valence-corrected chi connectivity index (χ2v) is 5.24. The van der Waals surface area contributed by atoms with Crippen LogP contribution in [0, 0.1) is 16.7 Å². The lowest BCUT2D eigenvalue weighted by molar-refractivity contribution is 0.388. The van der Waals surface area contributed by atoms with Crippen LogP contribution < -0.4 is 5.32 Å². The molecular weight excluding hydrogens is 236 g/mol. The second-order valence-electron chi connectivity index (χ2n) is 5.24. The van der Waals surface area contributed by atoms with Crippen molar-refractivity contribution < 1.29 is 4.42 Å². The average molecular weight is 254 g/mol. The summed E-state index contributed by atoms with van der Waals surface area (Å²) in [6, 6.07) is 16.2. The Labute approximate surface area is 113 Å². The number of nitrogens with zero attached hydrogens (tertiary/aromatic N) is 1. The van der Waals surface area contributed by atoms with Gasteiger partial charge in [-0.2, -0.15) is 5.26 Å². The molecule has 0 amide bonds. The maximum absolute atomic E-state index is 9.09. The lowest BCUT2D eigenvalue weighted by Crippen LogP contribution is -2.31. The molecule has 1 aromatic heterocycles. The number of nitriles is 1. The van der Waals surface area contributed by atoms with Gasteiger partial charge in [-0.15, -0.1) is 0 Å². The molecule has 0 spiro atoms. The molecule has 3 nitrogen and oxygen atoms in total. The molecule has 1 aromatic carbocycles. The zero-order chi connectivity index (χ0) is 13.7. The molecule has 0 saturated heterocycles. The van der Waals surface area contributed by atoms with Gasteiger partial charge in [0.1, 0.15) is 5.76 Å². The highest BCUT2D eigenvalue weighted by Gasteiger charge is 2.22. The van der Waals surface area contributed by atoms with E-state index in [4.69, 9.17) is 9.68 Å². The zero-order valence-corrected chi connectivity index (χ0v) is 11.3. The largest absolute Gasteiger partial charge is 0.467 e. The quantitative estimate of drug-likeness (QED) is 0.888. The van der Waals surface area contributed by atoms with Crippen LogP contribution in [0.2, 0.25) is 0 Å². The van der Waals surface area contributed by atoms with E-state index < -0.39 is 5.41 Å². The molecule has 2 aromatic rings. The van der Waals surface area contributed by atoms with Crippen LogP contribution in [0.5, 0.6) is 0 Å². The number of hydrogen-bond donors (Lipinski definition) is 1. The van der Waals surface area contributed by atoms with Crippen molar-refractivity contribution in [3.05, 3.63) is 60.1 Å². The molecule has 2 rings (SSSR count). The highest BCUT2D eigenvalue weighted by molar-refractivity contribution is 5.26. The highest BCUT2D eigenvalue weighted by Crippen LogP contribution is 2.24. The summed E-state index contributed by atoms with van der Waals surface area (Å²) in [5.74, 6) is 0.861. The molecule has 1 N–H and O–H groups in total. The monoisotopic (exact) mass is 254 g/mol. The molecule has 1 atom stereocenters. The molecule has 1 unspecified atom stereocenters. The molecule has 0 bridgehead atoms. The van der Waals surface area contributed by atoms with Crippen molar-refractivity contribution >= 4 is 0 Å². The van der Waals surface area contributed by atoms with E-state index >= 15 is 0 Å². The summed E-state index contributed by atoms with van der Waals surface area (Å²) >= 11 is 0.